The zero-order valence-electron chi connectivity index (χ0n) is 21.4. The molecular formula is C30H32F6O. The first-order chi connectivity index (χ1) is 17.5. The third kappa shape index (κ3) is 4.82. The van der Waals surface area contributed by atoms with Gasteiger partial charge in [-0.3, -0.25) is 0 Å². The second kappa shape index (κ2) is 10.2. The van der Waals surface area contributed by atoms with E-state index in [1.807, 2.05) is 12.2 Å². The molecule has 2 aliphatic carbocycles. The number of hydrogen-bond donors (Lipinski definition) is 0. The average molecular weight is 523 g/mol. The van der Waals surface area contributed by atoms with Crippen LogP contribution in [0, 0.1) is 17.0 Å². The number of allylic oxidation sites excluding steroid dienone is 3. The van der Waals surface area contributed by atoms with Crippen molar-refractivity contribution in [2.45, 2.75) is 84.2 Å². The molecule has 0 saturated heterocycles. The summed E-state index contributed by atoms with van der Waals surface area (Å²) in [5.41, 5.74) is -4.01. The van der Waals surface area contributed by atoms with Gasteiger partial charge < -0.3 is 4.74 Å². The van der Waals surface area contributed by atoms with E-state index in [0.29, 0.717) is 12.2 Å². The van der Waals surface area contributed by atoms with Crippen LogP contribution in [0.25, 0.3) is 11.1 Å². The van der Waals surface area contributed by atoms with E-state index in [0.717, 1.165) is 38.2 Å². The summed E-state index contributed by atoms with van der Waals surface area (Å²) in [5.74, 6) is -12.2. The molecule has 0 heterocycles. The van der Waals surface area contributed by atoms with E-state index in [1.165, 1.54) is 18.2 Å². The highest BCUT2D eigenvalue weighted by atomic mass is 19.3. The Morgan fingerprint density at radius 2 is 1.41 bits per heavy atom. The van der Waals surface area contributed by atoms with Crippen LogP contribution in [0.5, 0.6) is 0 Å². The van der Waals surface area contributed by atoms with Crippen LogP contribution < -0.4 is 0 Å². The second-order valence-corrected chi connectivity index (χ2v) is 10.4. The summed E-state index contributed by atoms with van der Waals surface area (Å²) in [4.78, 5) is 0. The zero-order chi connectivity index (χ0) is 27.0. The van der Waals surface area contributed by atoms with Gasteiger partial charge in [-0.05, 0) is 53.5 Å². The van der Waals surface area contributed by atoms with E-state index in [4.69, 9.17) is 4.74 Å². The number of unbranched alkanes of at least 4 members (excludes halogenated alkanes) is 2. The topological polar surface area (TPSA) is 9.23 Å². The summed E-state index contributed by atoms with van der Waals surface area (Å²) in [6.07, 6.45) is 11.4. The fourth-order valence-electron chi connectivity index (χ4n) is 5.17. The lowest BCUT2D eigenvalue weighted by atomic mass is 9.78. The zero-order valence-corrected chi connectivity index (χ0v) is 21.4. The van der Waals surface area contributed by atoms with Gasteiger partial charge >= 0.3 is 11.8 Å². The lowest BCUT2D eigenvalue weighted by molar-refractivity contribution is -0.227. The lowest BCUT2D eigenvalue weighted by Gasteiger charge is -2.36. The van der Waals surface area contributed by atoms with Gasteiger partial charge in [0.05, 0.1) is 11.1 Å². The van der Waals surface area contributed by atoms with Crippen molar-refractivity contribution in [3.05, 3.63) is 82.1 Å². The van der Waals surface area contributed by atoms with E-state index >= 15 is 22.0 Å². The molecule has 1 unspecified atom stereocenters. The van der Waals surface area contributed by atoms with E-state index in [9.17, 15) is 4.39 Å². The monoisotopic (exact) mass is 522 g/mol. The second-order valence-electron chi connectivity index (χ2n) is 10.4. The SMILES string of the molecule is CCCCCC1(C)C=CC(OCc2ccc3c(c2F)C(F)(F)C(F)(F)c2c-3ccc(CCC)c2F)=CC1. The standard InChI is InChI=1S/C30H32F6O/c1-4-6-7-15-28(3)16-13-21(14-17-28)37-18-20-10-12-23-22-11-9-19(8-5-2)26(31)24(22)29(33,34)30(35,36)25(23)27(20)32/h9-14,16H,4-8,15,17-18H2,1-3H3. The maximum absolute atomic E-state index is 15.4. The number of aryl methyl sites for hydroxylation is 1. The van der Waals surface area contributed by atoms with Gasteiger partial charge in [0.15, 0.2) is 0 Å². The maximum atomic E-state index is 15.4. The average Bonchev–Trinajstić information content (AvgIpc) is 2.84. The smallest absolute Gasteiger partial charge is 0.343 e. The molecule has 200 valence electrons. The largest absolute Gasteiger partial charge is 0.489 e. The number of hydrogen-bond acceptors (Lipinski definition) is 1. The molecule has 0 saturated carbocycles. The molecule has 4 rings (SSSR count). The van der Waals surface area contributed by atoms with Crippen LogP contribution in [0.3, 0.4) is 0 Å². The first-order valence-electron chi connectivity index (χ1n) is 12.9. The quantitative estimate of drug-likeness (QED) is 0.235. The van der Waals surface area contributed by atoms with Crippen molar-refractivity contribution in [2.75, 3.05) is 0 Å². The molecule has 0 aromatic heterocycles. The van der Waals surface area contributed by atoms with E-state index in [1.54, 1.807) is 13.0 Å². The van der Waals surface area contributed by atoms with Gasteiger partial charge in [0, 0.05) is 5.56 Å². The van der Waals surface area contributed by atoms with Crippen LogP contribution in [0.2, 0.25) is 0 Å². The minimum atomic E-state index is -4.94. The molecule has 2 aliphatic rings. The minimum absolute atomic E-state index is 0.00754. The lowest BCUT2D eigenvalue weighted by Crippen LogP contribution is -2.41. The number of fused-ring (bicyclic) bond motifs is 3. The van der Waals surface area contributed by atoms with Crippen LogP contribution in [-0.2, 0) is 29.6 Å². The Balaban J connectivity index is 1.62. The molecule has 7 heteroatoms. The van der Waals surface area contributed by atoms with Gasteiger partial charge in [-0.1, -0.05) is 76.8 Å². The molecule has 0 aliphatic heterocycles. The van der Waals surface area contributed by atoms with Gasteiger partial charge in [-0.25, -0.2) is 8.78 Å². The van der Waals surface area contributed by atoms with Gasteiger partial charge in [0.2, 0.25) is 0 Å². The first-order valence-corrected chi connectivity index (χ1v) is 12.9. The Bertz CT molecular complexity index is 1230. The van der Waals surface area contributed by atoms with Crippen LogP contribution in [0.15, 0.2) is 48.3 Å². The summed E-state index contributed by atoms with van der Waals surface area (Å²) in [7, 11) is 0. The predicted molar refractivity (Wildman–Crippen MR) is 132 cm³/mol. The molecule has 2 aromatic rings. The third-order valence-electron chi connectivity index (χ3n) is 7.44. The Kier molecular flexibility index (Phi) is 7.55. The van der Waals surface area contributed by atoms with Crippen molar-refractivity contribution in [3.8, 4) is 11.1 Å². The molecular weight excluding hydrogens is 490 g/mol. The normalized spacial score (nSPS) is 21.3. The molecule has 2 aromatic carbocycles. The van der Waals surface area contributed by atoms with Gasteiger partial charge in [-0.15, -0.1) is 0 Å². The molecule has 0 amide bonds. The molecule has 0 bridgehead atoms. The summed E-state index contributed by atoms with van der Waals surface area (Å²) >= 11 is 0. The van der Waals surface area contributed by atoms with Gasteiger partial charge in [0.25, 0.3) is 0 Å². The van der Waals surface area contributed by atoms with Crippen molar-refractivity contribution < 1.29 is 31.1 Å². The third-order valence-corrected chi connectivity index (χ3v) is 7.44. The summed E-state index contributed by atoms with van der Waals surface area (Å²) in [6.45, 7) is 5.61. The van der Waals surface area contributed by atoms with Crippen LogP contribution in [0.4, 0.5) is 26.3 Å². The van der Waals surface area contributed by atoms with E-state index < -0.39 is 52.3 Å². The fraction of sp³-hybridized carbons (Fsp3) is 0.467. The highest BCUT2D eigenvalue weighted by Crippen LogP contribution is 2.59. The van der Waals surface area contributed by atoms with Crippen molar-refractivity contribution in [2.24, 2.45) is 5.41 Å². The van der Waals surface area contributed by atoms with Crippen LogP contribution in [0.1, 0.15) is 81.5 Å². The van der Waals surface area contributed by atoms with Gasteiger partial charge in [-0.2, -0.15) is 17.6 Å². The molecule has 37 heavy (non-hydrogen) atoms. The minimum Gasteiger partial charge on any atom is -0.489 e. The predicted octanol–water partition coefficient (Wildman–Crippen LogP) is 9.73. The van der Waals surface area contributed by atoms with Crippen molar-refractivity contribution >= 4 is 0 Å². The number of halogens is 6. The number of alkyl halides is 4. The van der Waals surface area contributed by atoms with Gasteiger partial charge in [0.1, 0.15) is 24.0 Å². The van der Waals surface area contributed by atoms with Crippen molar-refractivity contribution in [1.29, 1.82) is 0 Å². The Morgan fingerprint density at radius 1 is 0.811 bits per heavy atom. The Morgan fingerprint density at radius 3 is 1.95 bits per heavy atom. The summed E-state index contributed by atoms with van der Waals surface area (Å²) in [5, 5.41) is 0. The molecule has 0 spiro atoms. The van der Waals surface area contributed by atoms with Crippen LogP contribution in [-0.4, -0.2) is 0 Å². The maximum Gasteiger partial charge on any atom is 0.343 e. The number of rotatable bonds is 9. The molecule has 0 fully saturated rings. The summed E-state index contributed by atoms with van der Waals surface area (Å²) < 4.78 is 96.6. The Hall–Kier alpha value is -2.70. The fourth-order valence-corrected chi connectivity index (χ4v) is 5.17. The molecule has 0 N–H and O–H groups in total. The number of ether oxygens (including phenoxy) is 1. The Labute approximate surface area is 214 Å². The molecule has 1 atom stereocenters. The molecule has 0 radical (unpaired) electrons. The molecule has 1 nitrogen and oxygen atoms in total. The summed E-state index contributed by atoms with van der Waals surface area (Å²) in [6, 6.07) is 4.86. The van der Waals surface area contributed by atoms with Crippen molar-refractivity contribution in [3.63, 3.8) is 0 Å². The van der Waals surface area contributed by atoms with E-state index in [2.05, 4.69) is 13.8 Å². The van der Waals surface area contributed by atoms with Crippen LogP contribution >= 0.6 is 0 Å². The highest BCUT2D eigenvalue weighted by molar-refractivity contribution is 5.77. The highest BCUT2D eigenvalue weighted by Gasteiger charge is 2.65. The van der Waals surface area contributed by atoms with E-state index in [-0.39, 0.29) is 23.0 Å². The number of benzene rings is 2. The first kappa shape index (κ1) is 27.3. The van der Waals surface area contributed by atoms with Crippen molar-refractivity contribution in [1.82, 2.24) is 0 Å².